The number of nitrogens with zero attached hydrogens (tertiary/aromatic N) is 2. The van der Waals surface area contributed by atoms with Gasteiger partial charge in [-0.3, -0.25) is 0 Å². The fraction of sp³-hybridized carbons (Fsp3) is 0.346. The highest BCUT2D eigenvalue weighted by Crippen LogP contribution is 2.35. The Kier molecular flexibility index (Phi) is 7.77. The number of hydrogen-bond acceptors (Lipinski definition) is 6. The van der Waals surface area contributed by atoms with Crippen molar-refractivity contribution in [1.82, 2.24) is 0 Å². The molecule has 0 bridgehead atoms. The first-order chi connectivity index (χ1) is 17.4. The van der Waals surface area contributed by atoms with Gasteiger partial charge in [0.2, 0.25) is 0 Å². The summed E-state index contributed by atoms with van der Waals surface area (Å²) in [6, 6.07) is 5.43. The van der Waals surface area contributed by atoms with Gasteiger partial charge in [-0.05, 0) is 79.1 Å². The molecule has 37 heavy (non-hydrogen) atoms. The van der Waals surface area contributed by atoms with E-state index in [4.69, 9.17) is 4.74 Å². The SMILES string of the molecule is Cc1cc(C)c(N2CCOCC2)c(C)c1C/C([O-])=C1/SC=C/C1=N\S(=O)(=O)c1cccc(C(F)(F)F)c1. The van der Waals surface area contributed by atoms with Gasteiger partial charge in [0.15, 0.2) is 0 Å². The van der Waals surface area contributed by atoms with Crippen LogP contribution in [0.1, 0.15) is 27.8 Å². The third kappa shape index (κ3) is 5.89. The monoisotopic (exact) mass is 551 g/mol. The maximum atomic E-state index is 13.4. The van der Waals surface area contributed by atoms with Gasteiger partial charge in [0.25, 0.3) is 10.0 Å². The topological polar surface area (TPSA) is 82.0 Å². The van der Waals surface area contributed by atoms with Gasteiger partial charge in [-0.2, -0.15) is 26.0 Å². The lowest BCUT2D eigenvalue weighted by atomic mass is 9.93. The molecule has 0 amide bonds. The van der Waals surface area contributed by atoms with Crippen LogP contribution in [0.5, 0.6) is 0 Å². The number of thioether (sulfide) groups is 1. The summed E-state index contributed by atoms with van der Waals surface area (Å²) in [6.45, 7) is 8.70. The summed E-state index contributed by atoms with van der Waals surface area (Å²) < 4.78 is 74.0. The van der Waals surface area contributed by atoms with Gasteiger partial charge in [0, 0.05) is 23.7 Å². The zero-order valence-corrected chi connectivity index (χ0v) is 22.2. The summed E-state index contributed by atoms with van der Waals surface area (Å²) in [6.07, 6.45) is -3.27. The first-order valence-corrected chi connectivity index (χ1v) is 13.9. The molecule has 0 aliphatic carbocycles. The predicted molar refractivity (Wildman–Crippen MR) is 137 cm³/mol. The molecule has 1 saturated heterocycles. The molecule has 198 valence electrons. The molecular formula is C26H26F3N2O4S2-. The van der Waals surface area contributed by atoms with Gasteiger partial charge < -0.3 is 14.7 Å². The molecule has 11 heteroatoms. The van der Waals surface area contributed by atoms with Crippen LogP contribution in [0.2, 0.25) is 0 Å². The van der Waals surface area contributed by atoms with E-state index in [-0.39, 0.29) is 22.8 Å². The molecule has 0 spiro atoms. The molecule has 6 nitrogen and oxygen atoms in total. The second kappa shape index (κ2) is 10.5. The first kappa shape index (κ1) is 27.3. The molecule has 2 aromatic rings. The minimum atomic E-state index is -4.70. The van der Waals surface area contributed by atoms with Gasteiger partial charge in [0.05, 0.1) is 29.4 Å². The maximum Gasteiger partial charge on any atom is 0.416 e. The molecule has 0 N–H and O–H groups in total. The van der Waals surface area contributed by atoms with E-state index in [1.807, 2.05) is 26.8 Å². The molecule has 2 aliphatic rings. The third-order valence-corrected chi connectivity index (χ3v) is 8.56. The number of rotatable bonds is 5. The maximum absolute atomic E-state index is 13.4. The van der Waals surface area contributed by atoms with Crippen molar-refractivity contribution >= 4 is 33.2 Å². The molecule has 0 unspecified atom stereocenters. The van der Waals surface area contributed by atoms with Crippen LogP contribution in [0, 0.1) is 20.8 Å². The number of sulfonamides is 1. The molecule has 4 rings (SSSR count). The van der Waals surface area contributed by atoms with Crippen molar-refractivity contribution in [2.24, 2.45) is 4.40 Å². The summed E-state index contributed by atoms with van der Waals surface area (Å²) in [5.74, 6) is -0.309. The molecule has 1 fully saturated rings. The minimum absolute atomic E-state index is 0.0436. The average Bonchev–Trinajstić information content (AvgIpc) is 3.29. The Morgan fingerprint density at radius 2 is 1.84 bits per heavy atom. The normalized spacial score (nSPS) is 19.1. The molecule has 0 atom stereocenters. The van der Waals surface area contributed by atoms with Crippen molar-refractivity contribution in [3.8, 4) is 0 Å². The average molecular weight is 552 g/mol. The second-order valence-electron chi connectivity index (χ2n) is 8.89. The lowest BCUT2D eigenvalue weighted by molar-refractivity contribution is -0.305. The number of ether oxygens (including phenoxy) is 1. The Morgan fingerprint density at radius 3 is 2.51 bits per heavy atom. The van der Waals surface area contributed by atoms with Crippen molar-refractivity contribution in [2.75, 3.05) is 31.2 Å². The summed E-state index contributed by atoms with van der Waals surface area (Å²) in [4.78, 5) is 1.80. The van der Waals surface area contributed by atoms with Crippen LogP contribution in [0.4, 0.5) is 18.9 Å². The van der Waals surface area contributed by atoms with Crippen LogP contribution in [-0.4, -0.2) is 40.4 Å². The highest BCUT2D eigenvalue weighted by atomic mass is 32.2. The number of aryl methyl sites for hydroxylation is 2. The minimum Gasteiger partial charge on any atom is -0.874 e. The lowest BCUT2D eigenvalue weighted by Crippen LogP contribution is -2.37. The predicted octanol–water partition coefficient (Wildman–Crippen LogP) is 4.67. The van der Waals surface area contributed by atoms with E-state index < -0.39 is 26.7 Å². The third-order valence-electron chi connectivity index (χ3n) is 6.33. The Balaban J connectivity index is 1.68. The highest BCUT2D eigenvalue weighted by Gasteiger charge is 2.32. The fourth-order valence-electron chi connectivity index (χ4n) is 4.60. The number of halogens is 3. The van der Waals surface area contributed by atoms with Crippen molar-refractivity contribution in [3.63, 3.8) is 0 Å². The smallest absolute Gasteiger partial charge is 0.416 e. The summed E-state index contributed by atoms with van der Waals surface area (Å²) in [5.41, 5.74) is 3.80. The van der Waals surface area contributed by atoms with Gasteiger partial charge in [-0.15, -0.1) is 5.76 Å². The summed E-state index contributed by atoms with van der Waals surface area (Å²) >= 11 is 1.05. The number of morpholine rings is 1. The highest BCUT2D eigenvalue weighted by molar-refractivity contribution is 8.07. The van der Waals surface area contributed by atoms with Crippen LogP contribution >= 0.6 is 11.8 Å². The van der Waals surface area contributed by atoms with Crippen molar-refractivity contribution in [1.29, 1.82) is 0 Å². The van der Waals surface area contributed by atoms with Gasteiger partial charge in [-0.25, -0.2) is 0 Å². The van der Waals surface area contributed by atoms with Gasteiger partial charge >= 0.3 is 6.18 Å². The number of anilines is 1. The number of allylic oxidation sites excluding steroid dienone is 3. The summed E-state index contributed by atoms with van der Waals surface area (Å²) in [7, 11) is -4.48. The van der Waals surface area contributed by atoms with Crippen LogP contribution < -0.4 is 10.0 Å². The van der Waals surface area contributed by atoms with Crippen LogP contribution in [0.15, 0.2) is 61.8 Å². The largest absolute Gasteiger partial charge is 0.874 e. The Hall–Kier alpha value is -2.76. The van der Waals surface area contributed by atoms with E-state index in [1.165, 1.54) is 6.08 Å². The zero-order valence-electron chi connectivity index (χ0n) is 20.6. The van der Waals surface area contributed by atoms with Crippen LogP contribution in [-0.2, 0) is 27.4 Å². The second-order valence-corrected chi connectivity index (χ2v) is 11.4. The van der Waals surface area contributed by atoms with Gasteiger partial charge in [-0.1, -0.05) is 23.9 Å². The number of alkyl halides is 3. The molecule has 2 aliphatic heterocycles. The molecule has 2 heterocycles. The molecule has 0 saturated carbocycles. The van der Waals surface area contributed by atoms with Crippen LogP contribution in [0.3, 0.4) is 0 Å². The fourth-order valence-corrected chi connectivity index (χ4v) is 6.47. The van der Waals surface area contributed by atoms with E-state index in [9.17, 15) is 26.7 Å². The van der Waals surface area contributed by atoms with E-state index in [2.05, 4.69) is 9.30 Å². The van der Waals surface area contributed by atoms with E-state index in [1.54, 1.807) is 5.41 Å². The lowest BCUT2D eigenvalue weighted by Gasteiger charge is -2.33. The Morgan fingerprint density at radius 1 is 1.14 bits per heavy atom. The van der Waals surface area contributed by atoms with E-state index in [0.717, 1.165) is 71.0 Å². The summed E-state index contributed by atoms with van der Waals surface area (Å²) in [5, 5.41) is 14.9. The molecule has 0 radical (unpaired) electrons. The van der Waals surface area contributed by atoms with Crippen molar-refractivity contribution in [3.05, 3.63) is 80.3 Å². The Bertz CT molecular complexity index is 1410. The van der Waals surface area contributed by atoms with E-state index >= 15 is 0 Å². The van der Waals surface area contributed by atoms with Crippen LogP contribution in [0.25, 0.3) is 0 Å². The standard InChI is InChI=1S/C26H27F3N2O4S2/c1-16-13-17(2)24(31-8-10-35-11-9-31)18(3)21(16)15-23(32)25-22(7-12-36-25)30-37(33,34)20-6-4-5-19(14-20)26(27,28)29/h4-7,12-14,32H,8-11,15H2,1-3H3/p-1/b25-23-,30-22+. The molecule has 2 aromatic carbocycles. The zero-order chi connectivity index (χ0) is 27.0. The van der Waals surface area contributed by atoms with Crippen molar-refractivity contribution < 1.29 is 31.4 Å². The Labute approximate surface area is 218 Å². The molecular weight excluding hydrogens is 525 g/mol. The van der Waals surface area contributed by atoms with Gasteiger partial charge in [0.1, 0.15) is 0 Å². The van der Waals surface area contributed by atoms with Crippen molar-refractivity contribution in [2.45, 2.75) is 38.3 Å². The van der Waals surface area contributed by atoms with E-state index in [0.29, 0.717) is 19.3 Å². The number of hydrogen-bond donors (Lipinski definition) is 0. The molecule has 0 aromatic heterocycles. The quantitative estimate of drug-likeness (QED) is 0.503. The number of benzene rings is 2. The first-order valence-electron chi connectivity index (χ1n) is 11.6.